The second kappa shape index (κ2) is 13.8. The summed E-state index contributed by atoms with van der Waals surface area (Å²) in [6.07, 6.45) is -6.76. The van der Waals surface area contributed by atoms with E-state index < -0.39 is 61.7 Å². The average molecular weight is 477 g/mol. The van der Waals surface area contributed by atoms with Gasteiger partial charge in [-0.1, -0.05) is 60.7 Å². The van der Waals surface area contributed by atoms with Crippen molar-refractivity contribution in [3.63, 3.8) is 0 Å². The molecular formula is C24H32N2O8. The van der Waals surface area contributed by atoms with E-state index in [-0.39, 0.29) is 12.8 Å². The fourth-order valence-corrected chi connectivity index (χ4v) is 3.10. The highest BCUT2D eigenvalue weighted by Crippen LogP contribution is 2.09. The van der Waals surface area contributed by atoms with Gasteiger partial charge >= 0.3 is 11.9 Å². The van der Waals surface area contributed by atoms with Gasteiger partial charge in [-0.05, 0) is 24.0 Å². The molecule has 0 unspecified atom stereocenters. The van der Waals surface area contributed by atoms with Crippen LogP contribution in [0, 0.1) is 0 Å². The molecule has 0 aliphatic carbocycles. The lowest BCUT2D eigenvalue weighted by molar-refractivity contribution is -0.163. The summed E-state index contributed by atoms with van der Waals surface area (Å²) in [6, 6.07) is 16.1. The smallest absolute Gasteiger partial charge is 0.323 e. The monoisotopic (exact) mass is 476 g/mol. The van der Waals surface area contributed by atoms with E-state index in [2.05, 4.69) is 0 Å². The first kappa shape index (κ1) is 27.4. The predicted molar refractivity (Wildman–Crippen MR) is 122 cm³/mol. The van der Waals surface area contributed by atoms with Gasteiger partial charge < -0.3 is 41.4 Å². The zero-order valence-corrected chi connectivity index (χ0v) is 18.6. The van der Waals surface area contributed by atoms with Crippen molar-refractivity contribution in [2.75, 3.05) is 13.2 Å². The second-order valence-corrected chi connectivity index (χ2v) is 7.97. The fourth-order valence-electron chi connectivity index (χ4n) is 3.10. The first-order chi connectivity index (χ1) is 16.2. The van der Waals surface area contributed by atoms with Crippen LogP contribution in [-0.4, -0.2) is 82.1 Å². The minimum Gasteiger partial charge on any atom is -0.462 e. The number of hydrogen-bond donors (Lipinski definition) is 6. The van der Waals surface area contributed by atoms with Crippen LogP contribution in [0.1, 0.15) is 11.1 Å². The summed E-state index contributed by atoms with van der Waals surface area (Å²) in [4.78, 5) is 24.1. The number of rotatable bonds is 13. The molecule has 34 heavy (non-hydrogen) atoms. The first-order valence-corrected chi connectivity index (χ1v) is 10.8. The quantitative estimate of drug-likeness (QED) is 0.189. The van der Waals surface area contributed by atoms with E-state index in [9.17, 15) is 30.0 Å². The maximum Gasteiger partial charge on any atom is 0.323 e. The van der Waals surface area contributed by atoms with Gasteiger partial charge in [0.15, 0.2) is 0 Å². The maximum absolute atomic E-state index is 12.0. The van der Waals surface area contributed by atoms with E-state index in [0.717, 1.165) is 11.1 Å². The largest absolute Gasteiger partial charge is 0.462 e. The van der Waals surface area contributed by atoms with Crippen molar-refractivity contribution in [2.24, 2.45) is 11.5 Å². The SMILES string of the molecule is N[C@@H](Cc1ccccc1)C(=O)OC[C@@H](O)[C@@H](O)[C@H](O)[C@H](O)COC(=O)[C@@H](N)Cc1ccccc1. The van der Waals surface area contributed by atoms with Crippen LogP contribution in [-0.2, 0) is 31.9 Å². The number of ether oxygens (including phenoxy) is 2. The van der Waals surface area contributed by atoms with Gasteiger partial charge in [-0.3, -0.25) is 9.59 Å². The van der Waals surface area contributed by atoms with Crippen LogP contribution >= 0.6 is 0 Å². The Morgan fingerprint density at radius 3 is 1.29 bits per heavy atom. The van der Waals surface area contributed by atoms with Crippen LogP contribution in [0.3, 0.4) is 0 Å². The first-order valence-electron chi connectivity index (χ1n) is 10.8. The number of esters is 2. The minimum absolute atomic E-state index is 0.220. The molecule has 0 aliphatic rings. The predicted octanol–water partition coefficient (Wildman–Crippen LogP) is -1.34. The highest BCUT2D eigenvalue weighted by atomic mass is 16.6. The zero-order chi connectivity index (χ0) is 25.1. The lowest BCUT2D eigenvalue weighted by Gasteiger charge is -2.26. The van der Waals surface area contributed by atoms with Gasteiger partial charge in [-0.15, -0.1) is 0 Å². The van der Waals surface area contributed by atoms with Crippen molar-refractivity contribution < 1.29 is 39.5 Å². The third-order valence-corrected chi connectivity index (χ3v) is 5.13. The van der Waals surface area contributed by atoms with Gasteiger partial charge in [-0.25, -0.2) is 0 Å². The van der Waals surface area contributed by atoms with Gasteiger partial charge in [0.1, 0.15) is 49.7 Å². The van der Waals surface area contributed by atoms with Crippen LogP contribution in [0.25, 0.3) is 0 Å². The Morgan fingerprint density at radius 2 is 0.971 bits per heavy atom. The highest BCUT2D eigenvalue weighted by Gasteiger charge is 2.32. The standard InChI is InChI=1S/C24H32N2O8/c25-17(11-15-7-3-1-4-8-15)23(31)33-13-19(27)21(29)22(30)20(28)14-34-24(32)18(26)12-16-9-5-2-6-10-16/h1-10,17-22,27-30H,11-14,25-26H2/t17-,18-,19+,20+,21+,22+/m0/s1. The van der Waals surface area contributed by atoms with Crippen molar-refractivity contribution in [1.82, 2.24) is 0 Å². The normalized spacial score (nSPS) is 16.5. The van der Waals surface area contributed by atoms with Crippen LogP contribution < -0.4 is 11.5 Å². The molecule has 0 aliphatic heterocycles. The summed E-state index contributed by atoms with van der Waals surface area (Å²) in [5, 5.41) is 40.2. The Kier molecular flexibility index (Phi) is 11.1. The number of hydrogen-bond acceptors (Lipinski definition) is 10. The molecule has 0 radical (unpaired) electrons. The molecule has 0 amide bonds. The molecule has 2 rings (SSSR count). The molecule has 10 nitrogen and oxygen atoms in total. The Morgan fingerprint density at radius 1 is 0.647 bits per heavy atom. The summed E-state index contributed by atoms with van der Waals surface area (Å²) < 4.78 is 9.81. The van der Waals surface area contributed by atoms with E-state index in [1.165, 1.54) is 0 Å². The van der Waals surface area contributed by atoms with Crippen molar-refractivity contribution in [3.05, 3.63) is 71.8 Å². The lowest BCUT2D eigenvalue weighted by Crippen LogP contribution is -2.49. The van der Waals surface area contributed by atoms with Crippen LogP contribution in [0.5, 0.6) is 0 Å². The van der Waals surface area contributed by atoms with E-state index >= 15 is 0 Å². The van der Waals surface area contributed by atoms with Crippen molar-refractivity contribution >= 4 is 11.9 Å². The molecule has 0 spiro atoms. The van der Waals surface area contributed by atoms with E-state index in [1.807, 2.05) is 12.1 Å². The van der Waals surface area contributed by atoms with Crippen LogP contribution in [0.15, 0.2) is 60.7 Å². The summed E-state index contributed by atoms with van der Waals surface area (Å²) in [5.74, 6) is -1.60. The van der Waals surface area contributed by atoms with Crippen LogP contribution in [0.2, 0.25) is 0 Å². The molecule has 0 bridgehead atoms. The minimum atomic E-state index is -1.88. The number of nitrogens with two attached hydrogens (primary N) is 2. The van der Waals surface area contributed by atoms with E-state index in [4.69, 9.17) is 20.9 Å². The molecule has 2 aromatic carbocycles. The van der Waals surface area contributed by atoms with Gasteiger partial charge in [0.2, 0.25) is 0 Å². The molecule has 0 heterocycles. The van der Waals surface area contributed by atoms with Gasteiger partial charge in [-0.2, -0.15) is 0 Å². The third kappa shape index (κ3) is 8.82. The molecule has 0 aromatic heterocycles. The Hall–Kier alpha value is -2.86. The van der Waals surface area contributed by atoms with Crippen LogP contribution in [0.4, 0.5) is 0 Å². The molecule has 2 aromatic rings. The van der Waals surface area contributed by atoms with Gasteiger partial charge in [0.05, 0.1) is 0 Å². The fraction of sp³-hybridized carbons (Fsp3) is 0.417. The summed E-state index contributed by atoms with van der Waals surface area (Å²) in [7, 11) is 0. The Labute approximate surface area is 197 Å². The van der Waals surface area contributed by atoms with Crippen molar-refractivity contribution in [1.29, 1.82) is 0 Å². The molecule has 186 valence electrons. The van der Waals surface area contributed by atoms with E-state index in [0.29, 0.717) is 0 Å². The third-order valence-electron chi connectivity index (χ3n) is 5.13. The van der Waals surface area contributed by atoms with Crippen molar-refractivity contribution in [3.8, 4) is 0 Å². The molecule has 0 saturated heterocycles. The highest BCUT2D eigenvalue weighted by molar-refractivity contribution is 5.76. The Balaban J connectivity index is 1.73. The number of carbonyl (C=O) groups is 2. The molecule has 0 fully saturated rings. The van der Waals surface area contributed by atoms with E-state index in [1.54, 1.807) is 48.5 Å². The molecule has 6 atom stereocenters. The molecule has 8 N–H and O–H groups in total. The van der Waals surface area contributed by atoms with Gasteiger partial charge in [0, 0.05) is 0 Å². The molecule has 0 saturated carbocycles. The molecular weight excluding hydrogens is 444 g/mol. The summed E-state index contributed by atoms with van der Waals surface area (Å²) in [6.45, 7) is -1.32. The van der Waals surface area contributed by atoms with Gasteiger partial charge in [0.25, 0.3) is 0 Å². The average Bonchev–Trinajstić information content (AvgIpc) is 2.85. The zero-order valence-electron chi connectivity index (χ0n) is 18.6. The summed E-state index contributed by atoms with van der Waals surface area (Å²) >= 11 is 0. The second-order valence-electron chi connectivity index (χ2n) is 7.97. The lowest BCUT2D eigenvalue weighted by atomic mass is 10.0. The topological polar surface area (TPSA) is 186 Å². The van der Waals surface area contributed by atoms with Crippen molar-refractivity contribution in [2.45, 2.75) is 49.3 Å². The Bertz CT molecular complexity index is 810. The number of aliphatic hydroxyl groups is 4. The number of carbonyl (C=O) groups excluding carboxylic acids is 2. The summed E-state index contributed by atoms with van der Waals surface area (Å²) in [5.41, 5.74) is 13.2. The maximum atomic E-state index is 12.0. The molecule has 10 heteroatoms. The number of aliphatic hydroxyl groups excluding tert-OH is 4. The number of benzene rings is 2.